The smallest absolute Gasteiger partial charge is 0.314 e. The molecular formula is C29H29NO2. The van der Waals surface area contributed by atoms with Gasteiger partial charge in [-0.2, -0.15) is 0 Å². The summed E-state index contributed by atoms with van der Waals surface area (Å²) in [4.78, 5) is 16.2. The van der Waals surface area contributed by atoms with Gasteiger partial charge in [-0.25, -0.2) is 0 Å². The van der Waals surface area contributed by atoms with Gasteiger partial charge in [0, 0.05) is 36.9 Å². The van der Waals surface area contributed by atoms with E-state index >= 15 is 0 Å². The molecule has 2 bridgehead atoms. The van der Waals surface area contributed by atoms with Gasteiger partial charge >= 0.3 is 5.97 Å². The summed E-state index contributed by atoms with van der Waals surface area (Å²) >= 11 is 0. The molecule has 4 atom stereocenters. The summed E-state index contributed by atoms with van der Waals surface area (Å²) in [6.45, 7) is 2.53. The fraction of sp³-hybridized carbons (Fsp3) is 0.345. The highest BCUT2D eigenvalue weighted by Gasteiger charge is 2.70. The van der Waals surface area contributed by atoms with Gasteiger partial charge in [0.15, 0.2) is 0 Å². The molecule has 1 saturated heterocycles. The van der Waals surface area contributed by atoms with Gasteiger partial charge in [0.05, 0.1) is 12.5 Å². The molecule has 0 amide bonds. The summed E-state index contributed by atoms with van der Waals surface area (Å²) in [6, 6.07) is 30.4. The van der Waals surface area contributed by atoms with Crippen molar-refractivity contribution in [3.63, 3.8) is 0 Å². The first-order valence-electron chi connectivity index (χ1n) is 11.7. The Morgan fingerprint density at radius 2 is 1.66 bits per heavy atom. The number of ether oxygens (including phenoxy) is 1. The topological polar surface area (TPSA) is 29.5 Å². The molecule has 2 fully saturated rings. The summed E-state index contributed by atoms with van der Waals surface area (Å²) in [6.07, 6.45) is 2.11. The van der Waals surface area contributed by atoms with E-state index in [1.54, 1.807) is 7.11 Å². The molecule has 3 aliphatic carbocycles. The Kier molecular flexibility index (Phi) is 4.51. The van der Waals surface area contributed by atoms with Gasteiger partial charge in [-0.15, -0.1) is 0 Å². The zero-order chi connectivity index (χ0) is 21.8. The molecule has 3 aromatic carbocycles. The Morgan fingerprint density at radius 1 is 0.969 bits per heavy atom. The van der Waals surface area contributed by atoms with Gasteiger partial charge in [-0.1, -0.05) is 84.9 Å². The van der Waals surface area contributed by atoms with Gasteiger partial charge in [0.25, 0.3) is 0 Å². The van der Waals surface area contributed by atoms with Crippen LogP contribution in [0.4, 0.5) is 0 Å². The van der Waals surface area contributed by atoms with Gasteiger partial charge in [-0.3, -0.25) is 9.69 Å². The number of hydrogen-bond acceptors (Lipinski definition) is 3. The van der Waals surface area contributed by atoms with Crippen LogP contribution in [0.1, 0.15) is 41.0 Å². The molecule has 1 saturated carbocycles. The minimum Gasteiger partial charge on any atom is -0.469 e. The predicted octanol–water partition coefficient (Wildman–Crippen LogP) is 5.16. The van der Waals surface area contributed by atoms with E-state index in [0.29, 0.717) is 0 Å². The number of nitrogens with zero attached hydrogens (tertiary/aromatic N) is 1. The zero-order valence-electron chi connectivity index (χ0n) is 18.5. The van der Waals surface area contributed by atoms with Crippen molar-refractivity contribution in [2.24, 2.45) is 11.3 Å². The number of esters is 1. The van der Waals surface area contributed by atoms with Crippen LogP contribution in [0.3, 0.4) is 0 Å². The van der Waals surface area contributed by atoms with Crippen molar-refractivity contribution in [2.75, 3.05) is 20.2 Å². The Labute approximate surface area is 190 Å². The van der Waals surface area contributed by atoms with E-state index < -0.39 is 5.41 Å². The number of fused-ring (bicyclic) bond motifs is 1. The monoisotopic (exact) mass is 423 g/mol. The fourth-order valence-electron chi connectivity index (χ4n) is 7.42. The first kappa shape index (κ1) is 19.8. The lowest BCUT2D eigenvalue weighted by Gasteiger charge is -2.59. The third-order valence-corrected chi connectivity index (χ3v) is 8.51. The van der Waals surface area contributed by atoms with Crippen molar-refractivity contribution >= 4 is 5.97 Å². The quantitative estimate of drug-likeness (QED) is 0.543. The third kappa shape index (κ3) is 2.55. The predicted molar refractivity (Wildman–Crippen MR) is 125 cm³/mol. The Morgan fingerprint density at radius 3 is 2.41 bits per heavy atom. The normalized spacial score (nSPS) is 30.5. The van der Waals surface area contributed by atoms with E-state index in [0.717, 1.165) is 32.5 Å². The van der Waals surface area contributed by atoms with E-state index in [2.05, 4.69) is 89.8 Å². The number of rotatable bonds is 4. The maximum absolute atomic E-state index is 13.7. The molecule has 3 heteroatoms. The Hall–Kier alpha value is -2.91. The van der Waals surface area contributed by atoms with Crippen LogP contribution in [0, 0.1) is 11.3 Å². The summed E-state index contributed by atoms with van der Waals surface area (Å²) in [5, 5.41) is 0. The summed E-state index contributed by atoms with van der Waals surface area (Å²) < 4.78 is 5.58. The van der Waals surface area contributed by atoms with Crippen LogP contribution in [-0.4, -0.2) is 31.1 Å². The lowest BCUT2D eigenvalue weighted by atomic mass is 9.42. The van der Waals surface area contributed by atoms with Crippen LogP contribution in [-0.2, 0) is 21.5 Å². The first-order valence-corrected chi connectivity index (χ1v) is 11.7. The van der Waals surface area contributed by atoms with Crippen molar-refractivity contribution in [1.82, 2.24) is 4.90 Å². The molecule has 1 aliphatic heterocycles. The number of carbonyl (C=O) groups is 1. The van der Waals surface area contributed by atoms with Crippen LogP contribution in [0.5, 0.6) is 0 Å². The molecule has 0 aromatic heterocycles. The van der Waals surface area contributed by atoms with E-state index in [9.17, 15) is 4.79 Å². The highest BCUT2D eigenvalue weighted by molar-refractivity contribution is 5.82. The highest BCUT2D eigenvalue weighted by atomic mass is 16.5. The van der Waals surface area contributed by atoms with Crippen LogP contribution >= 0.6 is 0 Å². The second-order valence-corrected chi connectivity index (χ2v) is 9.76. The molecule has 0 N–H and O–H groups in total. The molecule has 0 spiro atoms. The minimum atomic E-state index is -0.508. The minimum absolute atomic E-state index is 0.0300. The van der Waals surface area contributed by atoms with Gasteiger partial charge in [0.2, 0.25) is 0 Å². The molecule has 1 heterocycles. The fourth-order valence-corrected chi connectivity index (χ4v) is 7.42. The molecule has 7 rings (SSSR count). The van der Waals surface area contributed by atoms with Crippen molar-refractivity contribution in [3.8, 4) is 0 Å². The van der Waals surface area contributed by atoms with E-state index in [1.165, 1.54) is 22.3 Å². The van der Waals surface area contributed by atoms with Crippen LogP contribution in [0.2, 0.25) is 0 Å². The van der Waals surface area contributed by atoms with Crippen LogP contribution < -0.4 is 0 Å². The molecule has 162 valence electrons. The summed E-state index contributed by atoms with van der Waals surface area (Å²) in [7, 11) is 1.57. The number of likely N-dealkylation sites (tertiary alicyclic amines) is 1. The van der Waals surface area contributed by atoms with Gasteiger partial charge in [-0.05, 0) is 35.1 Å². The largest absolute Gasteiger partial charge is 0.469 e. The van der Waals surface area contributed by atoms with E-state index in [-0.39, 0.29) is 23.2 Å². The molecule has 32 heavy (non-hydrogen) atoms. The maximum Gasteiger partial charge on any atom is 0.314 e. The van der Waals surface area contributed by atoms with Crippen LogP contribution in [0.15, 0.2) is 84.9 Å². The van der Waals surface area contributed by atoms with E-state index in [4.69, 9.17) is 4.74 Å². The maximum atomic E-state index is 13.7. The molecular weight excluding hydrogens is 394 g/mol. The molecule has 3 aromatic rings. The second kappa shape index (κ2) is 7.31. The van der Waals surface area contributed by atoms with E-state index in [1.807, 2.05) is 0 Å². The van der Waals surface area contributed by atoms with Gasteiger partial charge in [0.1, 0.15) is 0 Å². The van der Waals surface area contributed by atoms with Crippen LogP contribution in [0.25, 0.3) is 0 Å². The standard InChI is InChI=1S/C29H29NO2/c1-32-27(31)29-20-30(18-21-10-4-2-5-11-21)19-26(29)28(22-12-6-3-7-13-22)17-16-25(29)23-14-8-9-15-24(23)28/h2-15,25-26H,16-20H2,1H3/t25-,26-,28-,29-/m1/s1. The summed E-state index contributed by atoms with van der Waals surface area (Å²) in [5.74, 6) is 0.377. The number of benzene rings is 3. The van der Waals surface area contributed by atoms with Crippen molar-refractivity contribution < 1.29 is 9.53 Å². The lowest BCUT2D eigenvalue weighted by molar-refractivity contribution is -0.161. The average molecular weight is 424 g/mol. The average Bonchev–Trinajstić information content (AvgIpc) is 3.26. The SMILES string of the molecule is COC(=O)[C@@]12CN(Cc3ccccc3)C[C@@H]1[C@@]1(c3ccccc3)CC[C@@H]2c2ccccc21. The van der Waals surface area contributed by atoms with Gasteiger partial charge < -0.3 is 4.74 Å². The Bertz CT molecular complexity index is 1140. The van der Waals surface area contributed by atoms with Crippen molar-refractivity contribution in [1.29, 1.82) is 0 Å². The second-order valence-electron chi connectivity index (χ2n) is 9.76. The number of carbonyl (C=O) groups excluding carboxylic acids is 1. The number of methoxy groups -OCH3 is 1. The molecule has 3 nitrogen and oxygen atoms in total. The lowest BCUT2D eigenvalue weighted by Crippen LogP contribution is -2.60. The molecule has 4 aliphatic rings. The third-order valence-electron chi connectivity index (χ3n) is 8.51. The Balaban J connectivity index is 1.55. The highest BCUT2D eigenvalue weighted by Crippen LogP contribution is 2.69. The van der Waals surface area contributed by atoms with Crippen molar-refractivity contribution in [2.45, 2.75) is 30.7 Å². The molecule has 0 unspecified atom stereocenters. The number of hydrogen-bond donors (Lipinski definition) is 0. The van der Waals surface area contributed by atoms with Crippen molar-refractivity contribution in [3.05, 3.63) is 107 Å². The first-order chi connectivity index (χ1) is 15.7. The molecule has 0 radical (unpaired) electrons. The summed E-state index contributed by atoms with van der Waals surface area (Å²) in [5.41, 5.74) is 4.74. The zero-order valence-corrected chi connectivity index (χ0v) is 18.5.